The van der Waals surface area contributed by atoms with Crippen LogP contribution in [0.4, 0.5) is 5.69 Å². The highest BCUT2D eigenvalue weighted by molar-refractivity contribution is 7.89. The number of hydrogen-bond donors (Lipinski definition) is 1. The Balaban J connectivity index is 1.39. The maximum Gasteiger partial charge on any atom is 0.253 e. The first-order valence-corrected chi connectivity index (χ1v) is 13.5. The number of amides is 2. The van der Waals surface area contributed by atoms with E-state index in [0.717, 1.165) is 10.8 Å². The molecule has 0 aliphatic carbocycles. The standard InChI is InChI=1S/C27H31N3O4S/c1-3-29(4-2)27(32)23-10-7-11-24(18-23)28-26(31)21-14-16-30(17-15-21)35(33,34)25-13-12-20-8-5-6-9-22(20)19-25/h5-13,18-19,21H,3-4,14-17H2,1-2H3,(H,28,31). The fraction of sp³-hybridized carbons (Fsp3) is 0.333. The summed E-state index contributed by atoms with van der Waals surface area (Å²) < 4.78 is 27.9. The van der Waals surface area contributed by atoms with Crippen LogP contribution in [0.2, 0.25) is 0 Å². The number of sulfonamides is 1. The molecule has 184 valence electrons. The van der Waals surface area contributed by atoms with E-state index in [2.05, 4.69) is 5.32 Å². The Labute approximate surface area is 206 Å². The van der Waals surface area contributed by atoms with Crippen molar-refractivity contribution in [1.82, 2.24) is 9.21 Å². The Morgan fingerprint density at radius 2 is 1.60 bits per heavy atom. The fourth-order valence-electron chi connectivity index (χ4n) is 4.50. The van der Waals surface area contributed by atoms with Crippen molar-refractivity contribution in [2.24, 2.45) is 5.92 Å². The second-order valence-corrected chi connectivity index (χ2v) is 10.7. The number of carbonyl (C=O) groups excluding carboxylic acids is 2. The van der Waals surface area contributed by atoms with E-state index in [1.807, 2.05) is 44.2 Å². The Morgan fingerprint density at radius 3 is 2.29 bits per heavy atom. The molecule has 3 aromatic rings. The summed E-state index contributed by atoms with van der Waals surface area (Å²) in [4.78, 5) is 27.5. The lowest BCUT2D eigenvalue weighted by Gasteiger charge is -2.30. The van der Waals surface area contributed by atoms with Crippen LogP contribution in [0.25, 0.3) is 10.8 Å². The molecule has 0 bridgehead atoms. The van der Waals surface area contributed by atoms with Crippen molar-refractivity contribution < 1.29 is 18.0 Å². The molecule has 0 unspecified atom stereocenters. The van der Waals surface area contributed by atoms with E-state index in [-0.39, 0.29) is 35.7 Å². The molecule has 1 aliphatic rings. The number of nitrogens with zero attached hydrogens (tertiary/aromatic N) is 2. The summed E-state index contributed by atoms with van der Waals surface area (Å²) in [6.07, 6.45) is 0.882. The second kappa shape index (κ2) is 10.6. The maximum atomic E-state index is 13.2. The predicted molar refractivity (Wildman–Crippen MR) is 138 cm³/mol. The molecule has 1 N–H and O–H groups in total. The molecular weight excluding hydrogens is 462 g/mol. The van der Waals surface area contributed by atoms with Crippen LogP contribution in [-0.4, -0.2) is 55.6 Å². The zero-order valence-electron chi connectivity index (χ0n) is 20.1. The summed E-state index contributed by atoms with van der Waals surface area (Å²) in [6.45, 7) is 5.67. The average molecular weight is 494 g/mol. The van der Waals surface area contributed by atoms with Crippen molar-refractivity contribution in [3.05, 3.63) is 72.3 Å². The number of rotatable bonds is 7. The van der Waals surface area contributed by atoms with Crippen molar-refractivity contribution in [3.8, 4) is 0 Å². The first-order valence-electron chi connectivity index (χ1n) is 12.0. The van der Waals surface area contributed by atoms with Gasteiger partial charge in [0.05, 0.1) is 4.90 Å². The molecule has 1 saturated heterocycles. The zero-order chi connectivity index (χ0) is 25.0. The van der Waals surface area contributed by atoms with E-state index in [0.29, 0.717) is 37.2 Å². The molecule has 0 saturated carbocycles. The summed E-state index contributed by atoms with van der Waals surface area (Å²) in [5, 5.41) is 4.78. The van der Waals surface area contributed by atoms with E-state index < -0.39 is 10.0 Å². The third kappa shape index (κ3) is 5.39. The number of hydrogen-bond acceptors (Lipinski definition) is 4. The van der Waals surface area contributed by atoms with Gasteiger partial charge in [0.2, 0.25) is 15.9 Å². The van der Waals surface area contributed by atoms with Crippen LogP contribution in [0.5, 0.6) is 0 Å². The molecular formula is C27H31N3O4S. The second-order valence-electron chi connectivity index (χ2n) is 8.73. The molecule has 8 heteroatoms. The predicted octanol–water partition coefficient (Wildman–Crippen LogP) is 4.36. The quantitative estimate of drug-likeness (QED) is 0.530. The Hall–Kier alpha value is -3.23. The van der Waals surface area contributed by atoms with Crippen molar-refractivity contribution >= 4 is 38.3 Å². The first kappa shape index (κ1) is 24.9. The highest BCUT2D eigenvalue weighted by Crippen LogP contribution is 2.27. The van der Waals surface area contributed by atoms with Crippen LogP contribution in [0.3, 0.4) is 0 Å². The molecule has 7 nitrogen and oxygen atoms in total. The topological polar surface area (TPSA) is 86.8 Å². The lowest BCUT2D eigenvalue weighted by atomic mass is 9.97. The van der Waals surface area contributed by atoms with E-state index in [9.17, 15) is 18.0 Å². The molecule has 0 aromatic heterocycles. The summed E-state index contributed by atoms with van der Waals surface area (Å²) in [6, 6.07) is 19.8. The van der Waals surface area contributed by atoms with Gasteiger partial charge in [0.25, 0.3) is 5.91 Å². The van der Waals surface area contributed by atoms with Gasteiger partial charge in [-0.1, -0.05) is 36.4 Å². The van der Waals surface area contributed by atoms with Gasteiger partial charge in [-0.3, -0.25) is 9.59 Å². The van der Waals surface area contributed by atoms with Gasteiger partial charge in [0, 0.05) is 43.3 Å². The number of benzene rings is 3. The smallest absolute Gasteiger partial charge is 0.253 e. The molecule has 0 spiro atoms. The van der Waals surface area contributed by atoms with Crippen molar-refractivity contribution in [3.63, 3.8) is 0 Å². The lowest BCUT2D eigenvalue weighted by molar-refractivity contribution is -0.120. The number of piperidine rings is 1. The van der Waals surface area contributed by atoms with Gasteiger partial charge in [0.15, 0.2) is 0 Å². The van der Waals surface area contributed by atoms with Gasteiger partial charge in [-0.05, 0) is 67.8 Å². The molecule has 0 radical (unpaired) electrons. The maximum absolute atomic E-state index is 13.2. The monoisotopic (exact) mass is 493 g/mol. The summed E-state index contributed by atoms with van der Waals surface area (Å²) in [7, 11) is -3.63. The minimum Gasteiger partial charge on any atom is -0.339 e. The van der Waals surface area contributed by atoms with E-state index in [4.69, 9.17) is 0 Å². The fourth-order valence-corrected chi connectivity index (χ4v) is 6.01. The molecule has 0 atom stereocenters. The van der Waals surface area contributed by atoms with Crippen molar-refractivity contribution in [1.29, 1.82) is 0 Å². The van der Waals surface area contributed by atoms with Gasteiger partial charge in [-0.25, -0.2) is 8.42 Å². The minimum atomic E-state index is -3.63. The molecule has 3 aromatic carbocycles. The Kier molecular flexibility index (Phi) is 7.52. The van der Waals surface area contributed by atoms with E-state index in [1.54, 1.807) is 41.3 Å². The Morgan fingerprint density at radius 1 is 0.914 bits per heavy atom. The van der Waals surface area contributed by atoms with Crippen molar-refractivity contribution in [2.75, 3.05) is 31.5 Å². The molecule has 1 aliphatic heterocycles. The van der Waals surface area contributed by atoms with Crippen LogP contribution in [0.15, 0.2) is 71.6 Å². The van der Waals surface area contributed by atoms with Crippen LogP contribution in [-0.2, 0) is 14.8 Å². The summed E-state index contributed by atoms with van der Waals surface area (Å²) in [5.41, 5.74) is 1.10. The molecule has 4 rings (SSSR count). The molecule has 1 fully saturated rings. The highest BCUT2D eigenvalue weighted by atomic mass is 32.2. The third-order valence-electron chi connectivity index (χ3n) is 6.61. The lowest BCUT2D eigenvalue weighted by Crippen LogP contribution is -2.41. The van der Waals surface area contributed by atoms with Crippen LogP contribution < -0.4 is 5.32 Å². The number of nitrogens with one attached hydrogen (secondary N) is 1. The van der Waals surface area contributed by atoms with Crippen LogP contribution in [0, 0.1) is 5.92 Å². The van der Waals surface area contributed by atoms with Gasteiger partial charge in [0.1, 0.15) is 0 Å². The first-order chi connectivity index (χ1) is 16.8. The third-order valence-corrected chi connectivity index (χ3v) is 8.51. The van der Waals surface area contributed by atoms with Gasteiger partial charge >= 0.3 is 0 Å². The highest BCUT2D eigenvalue weighted by Gasteiger charge is 2.32. The summed E-state index contributed by atoms with van der Waals surface area (Å²) in [5.74, 6) is -0.515. The number of anilines is 1. The molecule has 35 heavy (non-hydrogen) atoms. The van der Waals surface area contributed by atoms with Gasteiger partial charge in [-0.15, -0.1) is 0 Å². The largest absolute Gasteiger partial charge is 0.339 e. The van der Waals surface area contributed by atoms with Gasteiger partial charge in [-0.2, -0.15) is 4.31 Å². The average Bonchev–Trinajstić information content (AvgIpc) is 2.89. The van der Waals surface area contributed by atoms with E-state index >= 15 is 0 Å². The molecule has 2 amide bonds. The summed E-state index contributed by atoms with van der Waals surface area (Å²) >= 11 is 0. The van der Waals surface area contributed by atoms with Crippen molar-refractivity contribution in [2.45, 2.75) is 31.6 Å². The van der Waals surface area contributed by atoms with Crippen LogP contribution in [0.1, 0.15) is 37.0 Å². The Bertz CT molecular complexity index is 1330. The minimum absolute atomic E-state index is 0.0710. The molecule has 1 heterocycles. The number of fused-ring (bicyclic) bond motifs is 1. The van der Waals surface area contributed by atoms with Gasteiger partial charge < -0.3 is 10.2 Å². The number of carbonyl (C=O) groups is 2. The zero-order valence-corrected chi connectivity index (χ0v) is 20.9. The normalized spacial score (nSPS) is 15.1. The SMILES string of the molecule is CCN(CC)C(=O)c1cccc(NC(=O)C2CCN(S(=O)(=O)c3ccc4ccccc4c3)CC2)c1. The van der Waals surface area contributed by atoms with Crippen LogP contribution >= 0.6 is 0 Å². The van der Waals surface area contributed by atoms with E-state index in [1.165, 1.54) is 4.31 Å².